The van der Waals surface area contributed by atoms with Gasteiger partial charge in [0, 0.05) is 5.70 Å². The second kappa shape index (κ2) is 11.7. The van der Waals surface area contributed by atoms with Crippen molar-refractivity contribution in [1.82, 2.24) is 10.8 Å². The number of carbonyl (C=O) groups excluding carboxylic acids is 1. The van der Waals surface area contributed by atoms with Crippen LogP contribution >= 0.6 is 0 Å². The lowest BCUT2D eigenvalue weighted by molar-refractivity contribution is -0.130. The lowest BCUT2D eigenvalue weighted by Gasteiger charge is -2.16. The van der Waals surface area contributed by atoms with Gasteiger partial charge in [-0.3, -0.25) is 10.0 Å². The molecule has 0 heterocycles. The Morgan fingerprint density at radius 3 is 2.23 bits per heavy atom. The van der Waals surface area contributed by atoms with Gasteiger partial charge in [-0.15, -0.1) is 0 Å². The number of allylic oxidation sites excluding steroid dienone is 2. The standard InChI is InChI=1S/C22H34N2O2/c1-18(22(25)24-26)23-21(20-16-17-20)15-11-6-4-2-3-5-8-12-19-13-9-7-10-14-19/h7,9-10,13-14,18,23,26H,2-6,8,11-12,15-17H2,1H3,(H,24,25)/t18-/m1/s1. The van der Waals surface area contributed by atoms with Crippen molar-refractivity contribution in [3.8, 4) is 0 Å². The van der Waals surface area contributed by atoms with E-state index in [4.69, 9.17) is 5.21 Å². The molecule has 4 heteroatoms. The van der Waals surface area contributed by atoms with E-state index >= 15 is 0 Å². The molecular weight excluding hydrogens is 324 g/mol. The van der Waals surface area contributed by atoms with Gasteiger partial charge in [-0.05, 0) is 51.0 Å². The largest absolute Gasteiger partial charge is 0.377 e. The van der Waals surface area contributed by atoms with Gasteiger partial charge in [0.25, 0.3) is 5.91 Å². The third-order valence-electron chi connectivity index (χ3n) is 5.06. The number of amides is 1. The van der Waals surface area contributed by atoms with Crippen molar-refractivity contribution in [2.45, 2.75) is 83.6 Å². The summed E-state index contributed by atoms with van der Waals surface area (Å²) in [7, 11) is 0. The van der Waals surface area contributed by atoms with Gasteiger partial charge in [0.2, 0.25) is 0 Å². The molecule has 0 aliphatic heterocycles. The number of aryl methyl sites for hydroxylation is 1. The van der Waals surface area contributed by atoms with E-state index < -0.39 is 0 Å². The minimum Gasteiger partial charge on any atom is -0.377 e. The van der Waals surface area contributed by atoms with Crippen molar-refractivity contribution in [2.75, 3.05) is 0 Å². The second-order valence-electron chi connectivity index (χ2n) is 7.38. The first-order valence-electron chi connectivity index (χ1n) is 10.2. The maximum absolute atomic E-state index is 11.4. The quantitative estimate of drug-likeness (QED) is 0.267. The highest BCUT2D eigenvalue weighted by atomic mass is 16.5. The molecule has 26 heavy (non-hydrogen) atoms. The molecule has 0 bridgehead atoms. The van der Waals surface area contributed by atoms with Crippen LogP contribution in [0.2, 0.25) is 0 Å². The molecule has 0 radical (unpaired) electrons. The first-order valence-corrected chi connectivity index (χ1v) is 10.2. The smallest absolute Gasteiger partial charge is 0.265 e. The Kier molecular flexibility index (Phi) is 9.26. The fourth-order valence-corrected chi connectivity index (χ4v) is 3.30. The van der Waals surface area contributed by atoms with E-state index in [1.165, 1.54) is 68.2 Å². The second-order valence-corrected chi connectivity index (χ2v) is 7.38. The summed E-state index contributed by atoms with van der Waals surface area (Å²) in [6, 6.07) is 10.4. The molecule has 1 amide bonds. The molecule has 1 aromatic carbocycles. The number of rotatable bonds is 13. The van der Waals surface area contributed by atoms with Crippen LogP contribution in [0.4, 0.5) is 0 Å². The average molecular weight is 359 g/mol. The molecule has 1 saturated carbocycles. The van der Waals surface area contributed by atoms with Gasteiger partial charge in [-0.25, -0.2) is 5.48 Å². The predicted molar refractivity (Wildman–Crippen MR) is 106 cm³/mol. The van der Waals surface area contributed by atoms with Gasteiger partial charge in [0.15, 0.2) is 0 Å². The van der Waals surface area contributed by atoms with E-state index in [1.54, 1.807) is 12.4 Å². The first-order chi connectivity index (χ1) is 12.7. The van der Waals surface area contributed by atoms with Crippen LogP contribution < -0.4 is 10.8 Å². The van der Waals surface area contributed by atoms with Crippen molar-refractivity contribution in [1.29, 1.82) is 0 Å². The van der Waals surface area contributed by atoms with Crippen LogP contribution in [0.1, 0.15) is 76.7 Å². The SMILES string of the molecule is C[C@@H](NC(CCCCCCCCCc1ccccc1)=C1CC1)C(=O)NO. The molecule has 1 aliphatic rings. The average Bonchev–Trinajstić information content (AvgIpc) is 3.51. The fraction of sp³-hybridized carbons (Fsp3) is 0.591. The van der Waals surface area contributed by atoms with Crippen LogP contribution in [0.25, 0.3) is 0 Å². The zero-order chi connectivity index (χ0) is 18.6. The Bertz CT molecular complexity index is 563. The lowest BCUT2D eigenvalue weighted by atomic mass is 10.0. The van der Waals surface area contributed by atoms with Gasteiger partial charge >= 0.3 is 0 Å². The van der Waals surface area contributed by atoms with Crippen molar-refractivity contribution in [3.05, 3.63) is 47.2 Å². The van der Waals surface area contributed by atoms with Crippen molar-refractivity contribution < 1.29 is 10.0 Å². The third-order valence-corrected chi connectivity index (χ3v) is 5.06. The Morgan fingerprint density at radius 2 is 1.62 bits per heavy atom. The van der Waals surface area contributed by atoms with Gasteiger partial charge in [0.1, 0.15) is 6.04 Å². The van der Waals surface area contributed by atoms with E-state index in [2.05, 4.69) is 35.6 Å². The van der Waals surface area contributed by atoms with E-state index in [0.29, 0.717) is 0 Å². The van der Waals surface area contributed by atoms with E-state index in [9.17, 15) is 4.79 Å². The van der Waals surface area contributed by atoms with E-state index in [0.717, 1.165) is 19.3 Å². The number of unbranched alkanes of at least 4 members (excludes halogenated alkanes) is 6. The maximum Gasteiger partial charge on any atom is 0.265 e. The fourth-order valence-electron chi connectivity index (χ4n) is 3.30. The monoisotopic (exact) mass is 358 g/mol. The zero-order valence-corrected chi connectivity index (χ0v) is 16.1. The van der Waals surface area contributed by atoms with Crippen molar-refractivity contribution in [2.24, 2.45) is 0 Å². The minimum absolute atomic E-state index is 0.376. The number of hydrogen-bond donors (Lipinski definition) is 3. The summed E-state index contributed by atoms with van der Waals surface area (Å²) < 4.78 is 0. The molecule has 144 valence electrons. The van der Waals surface area contributed by atoms with Gasteiger partial charge in [0.05, 0.1) is 0 Å². The molecule has 0 aromatic heterocycles. The van der Waals surface area contributed by atoms with Crippen molar-refractivity contribution >= 4 is 5.91 Å². The van der Waals surface area contributed by atoms with Crippen molar-refractivity contribution in [3.63, 3.8) is 0 Å². The normalized spacial score (nSPS) is 14.0. The molecule has 4 nitrogen and oxygen atoms in total. The van der Waals surface area contributed by atoms with E-state index in [1.807, 2.05) is 0 Å². The molecule has 0 unspecified atom stereocenters. The Hall–Kier alpha value is -1.81. The van der Waals surface area contributed by atoms with Crippen LogP contribution in [-0.4, -0.2) is 17.2 Å². The highest BCUT2D eigenvalue weighted by Crippen LogP contribution is 2.32. The Labute approximate surface area is 158 Å². The number of hydroxylamine groups is 1. The predicted octanol–water partition coefficient (Wildman–Crippen LogP) is 4.88. The Balaban J connectivity index is 1.49. The highest BCUT2D eigenvalue weighted by Gasteiger charge is 2.20. The van der Waals surface area contributed by atoms with E-state index in [-0.39, 0.29) is 11.9 Å². The Morgan fingerprint density at radius 1 is 1.00 bits per heavy atom. The molecule has 0 spiro atoms. The molecular formula is C22H34N2O2. The molecule has 1 aromatic rings. The number of hydrogen-bond acceptors (Lipinski definition) is 3. The van der Waals surface area contributed by atoms with Crippen LogP contribution in [-0.2, 0) is 11.2 Å². The third kappa shape index (κ3) is 8.05. The highest BCUT2D eigenvalue weighted by molar-refractivity contribution is 5.80. The summed E-state index contributed by atoms with van der Waals surface area (Å²) >= 11 is 0. The van der Waals surface area contributed by atoms with Crippen LogP contribution in [0.3, 0.4) is 0 Å². The number of benzene rings is 1. The summed E-state index contributed by atoms with van der Waals surface area (Å²) in [5, 5.41) is 12.0. The van der Waals surface area contributed by atoms with Gasteiger partial charge in [-0.1, -0.05) is 68.0 Å². The van der Waals surface area contributed by atoms with Gasteiger partial charge < -0.3 is 5.32 Å². The van der Waals surface area contributed by atoms with Gasteiger partial charge in [-0.2, -0.15) is 0 Å². The molecule has 1 aliphatic carbocycles. The molecule has 3 N–H and O–H groups in total. The molecule has 2 rings (SSSR count). The van der Waals surface area contributed by atoms with Crippen LogP contribution in [0, 0.1) is 0 Å². The zero-order valence-electron chi connectivity index (χ0n) is 16.1. The minimum atomic E-state index is -0.382. The summed E-state index contributed by atoms with van der Waals surface area (Å²) in [5.74, 6) is -0.376. The summed E-state index contributed by atoms with van der Waals surface area (Å²) in [6.45, 7) is 1.78. The molecule has 1 fully saturated rings. The topological polar surface area (TPSA) is 61.4 Å². The lowest BCUT2D eigenvalue weighted by Crippen LogP contribution is -2.40. The number of nitrogens with one attached hydrogen (secondary N) is 2. The summed E-state index contributed by atoms with van der Waals surface area (Å²) in [4.78, 5) is 11.4. The number of carbonyl (C=O) groups is 1. The maximum atomic E-state index is 11.4. The first kappa shape index (κ1) is 20.5. The summed E-state index contributed by atoms with van der Waals surface area (Å²) in [5.41, 5.74) is 5.84. The van der Waals surface area contributed by atoms with Crippen LogP contribution in [0.15, 0.2) is 41.6 Å². The molecule has 0 saturated heterocycles. The molecule has 1 atom stereocenters. The summed E-state index contributed by atoms with van der Waals surface area (Å²) in [6.07, 6.45) is 13.5. The van der Waals surface area contributed by atoms with Crippen LogP contribution in [0.5, 0.6) is 0 Å².